The second-order valence-corrected chi connectivity index (χ2v) is 5.66. The number of benzene rings is 1. The van der Waals surface area contributed by atoms with Gasteiger partial charge in [-0.1, -0.05) is 0 Å². The molecule has 0 saturated carbocycles. The van der Waals surface area contributed by atoms with Gasteiger partial charge in [0.15, 0.2) is 5.96 Å². The van der Waals surface area contributed by atoms with Crippen molar-refractivity contribution in [1.82, 2.24) is 20.2 Å². The molecule has 0 bridgehead atoms. The summed E-state index contributed by atoms with van der Waals surface area (Å²) in [6, 6.07) is 5.23. The Morgan fingerprint density at radius 2 is 1.85 bits per heavy atom. The van der Waals surface area contributed by atoms with Gasteiger partial charge in [0.1, 0.15) is 11.6 Å². The summed E-state index contributed by atoms with van der Waals surface area (Å²) < 4.78 is 27.0. The van der Waals surface area contributed by atoms with Crippen LogP contribution in [-0.4, -0.2) is 54.1 Å². The van der Waals surface area contributed by atoms with E-state index >= 15 is 0 Å². The molecule has 0 amide bonds. The van der Waals surface area contributed by atoms with Crippen molar-refractivity contribution in [3.63, 3.8) is 0 Å². The molecule has 0 aliphatic carbocycles. The third kappa shape index (κ3) is 4.99. The number of halogens is 3. The van der Waals surface area contributed by atoms with E-state index in [9.17, 15) is 8.78 Å². The molecule has 0 atom stereocenters. The van der Waals surface area contributed by atoms with Crippen molar-refractivity contribution < 1.29 is 8.78 Å². The molecule has 1 aromatic carbocycles. The largest absolute Gasteiger partial charge is 0.352 e. The highest BCUT2D eigenvalue weighted by Gasteiger charge is 2.21. The van der Waals surface area contributed by atoms with Gasteiger partial charge in [-0.25, -0.2) is 18.7 Å². The molecule has 0 spiro atoms. The van der Waals surface area contributed by atoms with Crippen LogP contribution in [0.1, 0.15) is 5.56 Å². The van der Waals surface area contributed by atoms with Gasteiger partial charge < -0.3 is 15.1 Å². The number of aromatic nitrogens is 2. The highest BCUT2D eigenvalue weighted by atomic mass is 127. The zero-order valence-electron chi connectivity index (χ0n) is 14.4. The predicted molar refractivity (Wildman–Crippen MR) is 108 cm³/mol. The fraction of sp³-hybridized carbons (Fsp3) is 0.353. The monoisotopic (exact) mass is 474 g/mol. The van der Waals surface area contributed by atoms with Crippen LogP contribution in [0.25, 0.3) is 0 Å². The summed E-state index contributed by atoms with van der Waals surface area (Å²) in [4.78, 5) is 16.9. The minimum Gasteiger partial charge on any atom is -0.352 e. The first-order valence-corrected chi connectivity index (χ1v) is 8.09. The van der Waals surface area contributed by atoms with Crippen LogP contribution in [0.5, 0.6) is 0 Å². The van der Waals surface area contributed by atoms with E-state index in [1.165, 1.54) is 6.07 Å². The molecule has 1 aliphatic rings. The molecule has 0 radical (unpaired) electrons. The molecule has 1 N–H and O–H groups in total. The minimum absolute atomic E-state index is 0. The van der Waals surface area contributed by atoms with Gasteiger partial charge >= 0.3 is 0 Å². The summed E-state index contributed by atoms with van der Waals surface area (Å²) in [5.74, 6) is 0.490. The topological polar surface area (TPSA) is 56.7 Å². The Labute approximate surface area is 168 Å². The van der Waals surface area contributed by atoms with E-state index < -0.39 is 11.6 Å². The molecule has 26 heavy (non-hydrogen) atoms. The van der Waals surface area contributed by atoms with Crippen molar-refractivity contribution in [3.8, 4) is 0 Å². The van der Waals surface area contributed by atoms with E-state index in [0.29, 0.717) is 11.9 Å². The standard InChI is InChI=1S/C17H20F2N6.HI/c1-20-16(23-12-13-11-14(18)3-4-15(13)19)24-7-9-25(10-8-24)17-21-5-2-6-22-17;/h2-6,11H,7-10,12H2,1H3,(H,20,23);1H. The zero-order chi connectivity index (χ0) is 17.6. The van der Waals surface area contributed by atoms with Gasteiger partial charge in [0, 0.05) is 57.7 Å². The summed E-state index contributed by atoms with van der Waals surface area (Å²) in [6.07, 6.45) is 3.45. The molecule has 1 saturated heterocycles. The van der Waals surface area contributed by atoms with Crippen LogP contribution in [-0.2, 0) is 6.54 Å². The molecule has 2 aromatic rings. The Morgan fingerprint density at radius 1 is 1.15 bits per heavy atom. The minimum atomic E-state index is -0.454. The number of piperazine rings is 1. The van der Waals surface area contributed by atoms with Crippen molar-refractivity contribution >= 4 is 35.9 Å². The van der Waals surface area contributed by atoms with Crippen LogP contribution < -0.4 is 10.2 Å². The molecule has 0 unspecified atom stereocenters. The van der Waals surface area contributed by atoms with Crippen LogP contribution in [0.4, 0.5) is 14.7 Å². The number of hydrogen-bond acceptors (Lipinski definition) is 4. The fourth-order valence-electron chi connectivity index (χ4n) is 2.76. The zero-order valence-corrected chi connectivity index (χ0v) is 16.7. The van der Waals surface area contributed by atoms with E-state index in [1.54, 1.807) is 25.5 Å². The Balaban J connectivity index is 0.00000243. The maximum Gasteiger partial charge on any atom is 0.225 e. The summed E-state index contributed by atoms with van der Waals surface area (Å²) >= 11 is 0. The van der Waals surface area contributed by atoms with Crippen molar-refractivity contribution in [2.75, 3.05) is 38.1 Å². The number of nitrogens with zero attached hydrogens (tertiary/aromatic N) is 5. The van der Waals surface area contributed by atoms with Crippen molar-refractivity contribution in [2.45, 2.75) is 6.54 Å². The lowest BCUT2D eigenvalue weighted by atomic mass is 10.2. The van der Waals surface area contributed by atoms with Crippen LogP contribution in [0.3, 0.4) is 0 Å². The molecule has 1 aromatic heterocycles. The lowest BCUT2D eigenvalue weighted by molar-refractivity contribution is 0.369. The Morgan fingerprint density at radius 3 is 2.50 bits per heavy atom. The SMILES string of the molecule is CN=C(NCc1cc(F)ccc1F)N1CCN(c2ncccn2)CC1.I. The van der Waals surface area contributed by atoms with E-state index in [1.807, 2.05) is 0 Å². The quantitative estimate of drug-likeness (QED) is 0.421. The lowest BCUT2D eigenvalue weighted by Gasteiger charge is -2.36. The molecule has 9 heteroatoms. The lowest BCUT2D eigenvalue weighted by Crippen LogP contribution is -2.52. The van der Waals surface area contributed by atoms with Crippen LogP contribution in [0.15, 0.2) is 41.7 Å². The maximum absolute atomic E-state index is 13.7. The van der Waals surface area contributed by atoms with E-state index in [-0.39, 0.29) is 36.1 Å². The molecule has 6 nitrogen and oxygen atoms in total. The number of rotatable bonds is 3. The van der Waals surface area contributed by atoms with E-state index in [4.69, 9.17) is 0 Å². The Hall–Kier alpha value is -2.04. The molecule has 1 aliphatic heterocycles. The van der Waals surface area contributed by atoms with Gasteiger partial charge in [-0.2, -0.15) is 0 Å². The average Bonchev–Trinajstić information content (AvgIpc) is 2.66. The van der Waals surface area contributed by atoms with Gasteiger partial charge in [-0.05, 0) is 24.3 Å². The van der Waals surface area contributed by atoms with Crippen molar-refractivity contribution in [1.29, 1.82) is 0 Å². The smallest absolute Gasteiger partial charge is 0.225 e. The summed E-state index contributed by atoms with van der Waals surface area (Å²) in [5.41, 5.74) is 0.275. The van der Waals surface area contributed by atoms with Gasteiger partial charge in [-0.15, -0.1) is 24.0 Å². The molecule has 1 fully saturated rings. The highest BCUT2D eigenvalue weighted by Crippen LogP contribution is 2.11. The van der Waals surface area contributed by atoms with Crippen LogP contribution >= 0.6 is 24.0 Å². The first-order valence-electron chi connectivity index (χ1n) is 8.09. The fourth-order valence-corrected chi connectivity index (χ4v) is 2.76. The average molecular weight is 474 g/mol. The van der Waals surface area contributed by atoms with E-state index in [2.05, 4.69) is 30.1 Å². The summed E-state index contributed by atoms with van der Waals surface area (Å²) in [6.45, 7) is 3.18. The van der Waals surface area contributed by atoms with Gasteiger partial charge in [0.05, 0.1) is 0 Å². The normalized spacial score (nSPS) is 14.8. The van der Waals surface area contributed by atoms with Gasteiger partial charge in [0.2, 0.25) is 5.95 Å². The van der Waals surface area contributed by atoms with Gasteiger partial charge in [0.25, 0.3) is 0 Å². The first-order chi connectivity index (χ1) is 12.2. The number of guanidine groups is 1. The van der Waals surface area contributed by atoms with Crippen LogP contribution in [0.2, 0.25) is 0 Å². The third-order valence-corrected chi connectivity index (χ3v) is 4.07. The number of aliphatic imine (C=N–C) groups is 1. The predicted octanol–water partition coefficient (Wildman–Crippen LogP) is 2.27. The highest BCUT2D eigenvalue weighted by molar-refractivity contribution is 14.0. The third-order valence-electron chi connectivity index (χ3n) is 4.07. The van der Waals surface area contributed by atoms with Crippen LogP contribution in [0, 0.1) is 11.6 Å². The Bertz CT molecular complexity index is 735. The number of nitrogens with one attached hydrogen (secondary N) is 1. The van der Waals surface area contributed by atoms with Crippen molar-refractivity contribution in [2.24, 2.45) is 4.99 Å². The second kappa shape index (κ2) is 9.60. The van der Waals surface area contributed by atoms with Gasteiger partial charge in [-0.3, -0.25) is 4.99 Å². The molecular weight excluding hydrogens is 453 g/mol. The van der Waals surface area contributed by atoms with E-state index in [0.717, 1.165) is 38.3 Å². The first kappa shape index (κ1) is 20.3. The maximum atomic E-state index is 13.7. The molecule has 140 valence electrons. The second-order valence-electron chi connectivity index (χ2n) is 5.66. The molecule has 3 rings (SSSR count). The molecular formula is C17H21F2IN6. The summed E-state index contributed by atoms with van der Waals surface area (Å²) in [7, 11) is 1.68. The number of hydrogen-bond donors (Lipinski definition) is 1. The molecule has 2 heterocycles. The number of anilines is 1. The Kier molecular flexibility index (Phi) is 7.49. The van der Waals surface area contributed by atoms with Crippen molar-refractivity contribution in [3.05, 3.63) is 53.9 Å². The summed E-state index contributed by atoms with van der Waals surface area (Å²) in [5, 5.41) is 3.10.